The molecule has 1 N–H and O–H groups in total. The Balaban J connectivity index is 1.57. The largest absolute Gasteiger partial charge is 0.376 e. The van der Waals surface area contributed by atoms with Gasteiger partial charge in [0.2, 0.25) is 15.9 Å². The molecule has 0 saturated carbocycles. The quantitative estimate of drug-likeness (QED) is 0.566. The summed E-state index contributed by atoms with van der Waals surface area (Å²) in [5.41, 5.74) is 1.27. The lowest BCUT2D eigenvalue weighted by Gasteiger charge is -2.34. The van der Waals surface area contributed by atoms with Crippen LogP contribution in [0.3, 0.4) is 0 Å². The molecule has 1 fully saturated rings. The van der Waals surface area contributed by atoms with Crippen molar-refractivity contribution < 1.29 is 18.1 Å². The van der Waals surface area contributed by atoms with Gasteiger partial charge in [0.15, 0.2) is 0 Å². The second-order valence-corrected chi connectivity index (χ2v) is 8.65. The summed E-state index contributed by atoms with van der Waals surface area (Å²) in [6.07, 6.45) is 0. The van der Waals surface area contributed by atoms with Crippen LogP contribution in [0, 0.1) is 17.0 Å². The number of carbonyl (C=O) groups excluding carboxylic acids is 1. The number of benzene rings is 2. The van der Waals surface area contributed by atoms with E-state index in [-0.39, 0.29) is 36.1 Å². The van der Waals surface area contributed by atoms with Crippen LogP contribution in [-0.2, 0) is 14.8 Å². The summed E-state index contributed by atoms with van der Waals surface area (Å²) in [7, 11) is -3.57. The Morgan fingerprint density at radius 1 is 1.10 bits per heavy atom. The predicted octanol–water partition coefficient (Wildman–Crippen LogP) is 1.85. The zero-order chi connectivity index (χ0) is 21.0. The number of carbonyl (C=O) groups is 1. The number of amides is 1. The van der Waals surface area contributed by atoms with E-state index in [2.05, 4.69) is 5.32 Å². The monoisotopic (exact) mass is 418 g/mol. The molecule has 1 saturated heterocycles. The molecule has 0 bridgehead atoms. The zero-order valence-electron chi connectivity index (χ0n) is 15.9. The predicted molar refractivity (Wildman–Crippen MR) is 108 cm³/mol. The number of nitro benzene ring substituents is 1. The van der Waals surface area contributed by atoms with Gasteiger partial charge in [0.25, 0.3) is 5.69 Å². The van der Waals surface area contributed by atoms with Crippen molar-refractivity contribution in [3.8, 4) is 0 Å². The first-order valence-corrected chi connectivity index (χ1v) is 10.5. The maximum Gasteiger partial charge on any atom is 0.271 e. The Bertz CT molecular complexity index is 1000. The molecule has 0 aromatic heterocycles. The number of aryl methyl sites for hydroxylation is 1. The second kappa shape index (κ2) is 8.58. The smallest absolute Gasteiger partial charge is 0.271 e. The van der Waals surface area contributed by atoms with Crippen LogP contribution in [0.4, 0.5) is 11.4 Å². The number of hydrogen-bond donors (Lipinski definition) is 1. The van der Waals surface area contributed by atoms with E-state index in [0.29, 0.717) is 18.8 Å². The molecule has 1 aliphatic rings. The van der Waals surface area contributed by atoms with Crippen LogP contribution in [0.5, 0.6) is 0 Å². The number of nitrogens with zero attached hydrogens (tertiary/aromatic N) is 3. The Hall–Kier alpha value is -2.98. The van der Waals surface area contributed by atoms with Gasteiger partial charge in [-0.25, -0.2) is 8.42 Å². The van der Waals surface area contributed by atoms with Crippen molar-refractivity contribution in [2.45, 2.75) is 11.8 Å². The summed E-state index contributed by atoms with van der Waals surface area (Å²) in [5.74, 6) is -0.187. The number of nitrogens with one attached hydrogen (secondary N) is 1. The lowest BCUT2D eigenvalue weighted by molar-refractivity contribution is -0.384. The van der Waals surface area contributed by atoms with E-state index < -0.39 is 14.9 Å². The molecule has 2 aromatic rings. The normalized spacial score (nSPS) is 15.1. The highest BCUT2D eigenvalue weighted by molar-refractivity contribution is 7.89. The minimum atomic E-state index is -3.57. The molecule has 154 valence electrons. The molecule has 0 unspecified atom stereocenters. The van der Waals surface area contributed by atoms with Crippen LogP contribution >= 0.6 is 0 Å². The highest BCUT2D eigenvalue weighted by atomic mass is 32.2. The van der Waals surface area contributed by atoms with Crippen molar-refractivity contribution >= 4 is 27.3 Å². The number of hydrogen-bond acceptors (Lipinski definition) is 6. The van der Waals surface area contributed by atoms with Gasteiger partial charge in [-0.1, -0.05) is 24.3 Å². The molecule has 9 nitrogen and oxygen atoms in total. The number of sulfonamides is 1. The minimum Gasteiger partial charge on any atom is -0.376 e. The zero-order valence-corrected chi connectivity index (χ0v) is 16.8. The Morgan fingerprint density at radius 2 is 1.76 bits per heavy atom. The Kier molecular flexibility index (Phi) is 6.14. The van der Waals surface area contributed by atoms with Gasteiger partial charge in [0.05, 0.1) is 16.4 Å². The molecule has 1 aliphatic heterocycles. The van der Waals surface area contributed by atoms with E-state index >= 15 is 0 Å². The van der Waals surface area contributed by atoms with E-state index in [9.17, 15) is 23.3 Å². The standard InChI is InChI=1S/C19H22N4O5S/c1-15-7-8-16(23(25)26)13-18(15)20-14-19(24)21-9-11-22(12-10-21)29(27,28)17-5-3-2-4-6-17/h2-8,13,20H,9-12,14H2,1H3. The van der Waals surface area contributed by atoms with E-state index in [0.717, 1.165) is 5.56 Å². The first-order chi connectivity index (χ1) is 13.8. The van der Waals surface area contributed by atoms with Crippen LogP contribution in [-0.4, -0.2) is 61.2 Å². The SMILES string of the molecule is Cc1ccc([N+](=O)[O-])cc1NCC(=O)N1CCN(S(=O)(=O)c2ccccc2)CC1. The summed E-state index contributed by atoms with van der Waals surface area (Å²) < 4.78 is 26.7. The summed E-state index contributed by atoms with van der Waals surface area (Å²) in [5, 5.41) is 13.9. The molecule has 0 atom stereocenters. The van der Waals surface area contributed by atoms with Gasteiger partial charge in [0, 0.05) is 44.0 Å². The molecule has 3 rings (SSSR count). The lowest BCUT2D eigenvalue weighted by atomic mass is 10.2. The number of nitro groups is 1. The third-order valence-corrected chi connectivity index (χ3v) is 6.75. The number of rotatable bonds is 6. The van der Waals surface area contributed by atoms with Crippen LogP contribution in [0.15, 0.2) is 53.4 Å². The van der Waals surface area contributed by atoms with Crippen molar-refractivity contribution in [2.75, 3.05) is 38.0 Å². The highest BCUT2D eigenvalue weighted by Gasteiger charge is 2.29. The van der Waals surface area contributed by atoms with E-state index in [1.165, 1.54) is 16.4 Å². The van der Waals surface area contributed by atoms with Crippen LogP contribution in [0.2, 0.25) is 0 Å². The number of piperazine rings is 1. The van der Waals surface area contributed by atoms with Crippen molar-refractivity contribution in [3.63, 3.8) is 0 Å². The third-order valence-electron chi connectivity index (χ3n) is 4.83. The van der Waals surface area contributed by atoms with Crippen molar-refractivity contribution in [2.24, 2.45) is 0 Å². The number of non-ortho nitro benzene ring substituents is 1. The molecular weight excluding hydrogens is 396 g/mol. The summed E-state index contributed by atoms with van der Waals surface area (Å²) >= 11 is 0. The van der Waals surface area contributed by atoms with Gasteiger partial charge in [-0.2, -0.15) is 4.31 Å². The van der Waals surface area contributed by atoms with E-state index in [1.54, 1.807) is 48.2 Å². The van der Waals surface area contributed by atoms with Crippen LogP contribution in [0.25, 0.3) is 0 Å². The maximum atomic E-state index is 12.7. The van der Waals surface area contributed by atoms with E-state index in [4.69, 9.17) is 0 Å². The van der Waals surface area contributed by atoms with Gasteiger partial charge in [0.1, 0.15) is 0 Å². The molecule has 1 amide bonds. The van der Waals surface area contributed by atoms with Gasteiger partial charge >= 0.3 is 0 Å². The first kappa shape index (κ1) is 20.7. The first-order valence-electron chi connectivity index (χ1n) is 9.11. The average molecular weight is 418 g/mol. The molecule has 2 aromatic carbocycles. The number of anilines is 1. The van der Waals surface area contributed by atoms with Gasteiger partial charge in [-0.05, 0) is 24.6 Å². The molecule has 0 spiro atoms. The molecule has 1 heterocycles. The lowest BCUT2D eigenvalue weighted by Crippen LogP contribution is -2.51. The average Bonchev–Trinajstić information content (AvgIpc) is 2.73. The van der Waals surface area contributed by atoms with Crippen LogP contribution in [0.1, 0.15) is 5.56 Å². The highest BCUT2D eigenvalue weighted by Crippen LogP contribution is 2.22. The fraction of sp³-hybridized carbons (Fsp3) is 0.316. The summed E-state index contributed by atoms with van der Waals surface area (Å²) in [4.78, 5) is 24.7. The topological polar surface area (TPSA) is 113 Å². The second-order valence-electron chi connectivity index (χ2n) is 6.71. The van der Waals surface area contributed by atoms with Crippen molar-refractivity contribution in [1.82, 2.24) is 9.21 Å². The fourth-order valence-corrected chi connectivity index (χ4v) is 4.56. The Morgan fingerprint density at radius 3 is 2.38 bits per heavy atom. The third kappa shape index (κ3) is 4.72. The van der Waals surface area contributed by atoms with E-state index in [1.807, 2.05) is 0 Å². The molecule has 0 aliphatic carbocycles. The molecular formula is C19H22N4O5S. The van der Waals surface area contributed by atoms with Crippen LogP contribution < -0.4 is 5.32 Å². The van der Waals surface area contributed by atoms with Gasteiger partial charge in [-0.15, -0.1) is 0 Å². The fourth-order valence-electron chi connectivity index (χ4n) is 3.12. The summed E-state index contributed by atoms with van der Waals surface area (Å²) in [6, 6.07) is 12.6. The van der Waals surface area contributed by atoms with Gasteiger partial charge in [-0.3, -0.25) is 14.9 Å². The maximum absolute atomic E-state index is 12.7. The van der Waals surface area contributed by atoms with Crippen molar-refractivity contribution in [1.29, 1.82) is 0 Å². The summed E-state index contributed by atoms with van der Waals surface area (Å²) in [6.45, 7) is 2.80. The van der Waals surface area contributed by atoms with Crippen molar-refractivity contribution in [3.05, 3.63) is 64.2 Å². The van der Waals surface area contributed by atoms with Gasteiger partial charge < -0.3 is 10.2 Å². The minimum absolute atomic E-state index is 0.0204. The molecule has 0 radical (unpaired) electrons. The molecule has 29 heavy (non-hydrogen) atoms. The molecule has 10 heteroatoms. The Labute approximate surface area is 169 Å².